The molecule has 1 aliphatic heterocycles. The molecule has 1 N–H and O–H groups in total. The number of carbonyl (C=O) groups is 1. The standard InChI is InChI=1S/C20H18ClN5O2/c1-12-5-6-15(18-24-19(28-25-18)17-8-16(21)10-23-17)11-26(12)20(27)14-4-2-3-13(7-14)9-22/h2-4,7-8,10,12,15,23H,5-6,11H2,1H3. The average molecular weight is 396 g/mol. The number of aromatic amines is 1. The van der Waals surface area contributed by atoms with Crippen molar-refractivity contribution >= 4 is 17.5 Å². The van der Waals surface area contributed by atoms with Crippen molar-refractivity contribution in [1.82, 2.24) is 20.0 Å². The Morgan fingerprint density at radius 3 is 3.00 bits per heavy atom. The van der Waals surface area contributed by atoms with Gasteiger partial charge in [0.25, 0.3) is 11.8 Å². The molecule has 2 aromatic heterocycles. The third kappa shape index (κ3) is 3.51. The van der Waals surface area contributed by atoms with Gasteiger partial charge < -0.3 is 14.4 Å². The van der Waals surface area contributed by atoms with Gasteiger partial charge in [0.1, 0.15) is 5.69 Å². The van der Waals surface area contributed by atoms with E-state index in [1.165, 1.54) is 0 Å². The SMILES string of the molecule is CC1CCC(c2noc(-c3cc(Cl)c[nH]3)n2)CN1C(=O)c1cccc(C#N)c1. The first-order valence-electron chi connectivity index (χ1n) is 9.04. The van der Waals surface area contributed by atoms with Gasteiger partial charge in [0.2, 0.25) is 0 Å². The van der Waals surface area contributed by atoms with Crippen molar-refractivity contribution in [3.8, 4) is 17.7 Å². The average Bonchev–Trinajstić information content (AvgIpc) is 3.37. The van der Waals surface area contributed by atoms with Crippen molar-refractivity contribution in [2.24, 2.45) is 0 Å². The molecule has 0 aliphatic carbocycles. The van der Waals surface area contributed by atoms with Crippen LogP contribution in [0.1, 0.15) is 47.4 Å². The van der Waals surface area contributed by atoms with Crippen LogP contribution in [0.15, 0.2) is 41.1 Å². The van der Waals surface area contributed by atoms with Gasteiger partial charge in [0.15, 0.2) is 5.82 Å². The number of H-pyrrole nitrogens is 1. The fourth-order valence-electron chi connectivity index (χ4n) is 3.49. The summed E-state index contributed by atoms with van der Waals surface area (Å²) < 4.78 is 5.36. The quantitative estimate of drug-likeness (QED) is 0.722. The number of hydrogen-bond donors (Lipinski definition) is 1. The second kappa shape index (κ2) is 7.49. The molecule has 8 heteroatoms. The first-order valence-corrected chi connectivity index (χ1v) is 9.42. The van der Waals surface area contributed by atoms with Crippen LogP contribution in [-0.4, -0.2) is 38.5 Å². The van der Waals surface area contributed by atoms with Gasteiger partial charge in [-0.2, -0.15) is 10.2 Å². The third-order valence-electron chi connectivity index (χ3n) is 5.07. The highest BCUT2D eigenvalue weighted by molar-refractivity contribution is 6.30. The minimum absolute atomic E-state index is 0.0118. The summed E-state index contributed by atoms with van der Waals surface area (Å²) in [6, 6.07) is 10.7. The largest absolute Gasteiger partial charge is 0.356 e. The molecule has 4 rings (SSSR count). The molecule has 28 heavy (non-hydrogen) atoms. The molecule has 3 heterocycles. The molecule has 7 nitrogen and oxygen atoms in total. The van der Waals surface area contributed by atoms with Gasteiger partial charge in [0, 0.05) is 30.3 Å². The predicted octanol–water partition coefficient (Wildman–Crippen LogP) is 4.00. The minimum Gasteiger partial charge on any atom is -0.356 e. The lowest BCUT2D eigenvalue weighted by molar-refractivity contribution is 0.0604. The van der Waals surface area contributed by atoms with Gasteiger partial charge in [-0.25, -0.2) is 0 Å². The van der Waals surface area contributed by atoms with E-state index in [2.05, 4.69) is 21.2 Å². The van der Waals surface area contributed by atoms with E-state index < -0.39 is 0 Å². The van der Waals surface area contributed by atoms with Gasteiger partial charge >= 0.3 is 0 Å². The maximum atomic E-state index is 13.0. The number of halogens is 1. The van der Waals surface area contributed by atoms with Crippen LogP contribution >= 0.6 is 11.6 Å². The van der Waals surface area contributed by atoms with Crippen molar-refractivity contribution in [1.29, 1.82) is 5.26 Å². The van der Waals surface area contributed by atoms with Crippen molar-refractivity contribution in [2.75, 3.05) is 6.54 Å². The first-order chi connectivity index (χ1) is 13.5. The smallest absolute Gasteiger partial charge is 0.274 e. The second-order valence-electron chi connectivity index (χ2n) is 6.96. The topological polar surface area (TPSA) is 98.8 Å². The molecule has 2 unspecified atom stereocenters. The number of benzene rings is 1. The monoisotopic (exact) mass is 395 g/mol. The van der Waals surface area contributed by atoms with Crippen molar-refractivity contribution in [2.45, 2.75) is 31.7 Å². The van der Waals surface area contributed by atoms with Crippen molar-refractivity contribution in [3.63, 3.8) is 0 Å². The summed E-state index contributed by atoms with van der Waals surface area (Å²) in [6.45, 7) is 2.53. The Kier molecular flexibility index (Phi) is 4.88. The Balaban J connectivity index is 1.54. The highest BCUT2D eigenvalue weighted by Gasteiger charge is 2.33. The van der Waals surface area contributed by atoms with Gasteiger partial charge in [0.05, 0.1) is 16.7 Å². The zero-order chi connectivity index (χ0) is 19.7. The molecular weight excluding hydrogens is 378 g/mol. The Morgan fingerprint density at radius 2 is 2.25 bits per heavy atom. The zero-order valence-electron chi connectivity index (χ0n) is 15.2. The molecule has 0 saturated carbocycles. The molecule has 2 atom stereocenters. The first kappa shape index (κ1) is 18.3. The van der Waals surface area contributed by atoms with Crippen molar-refractivity contribution in [3.05, 3.63) is 58.5 Å². The number of piperidine rings is 1. The predicted molar refractivity (Wildman–Crippen MR) is 103 cm³/mol. The number of carbonyl (C=O) groups excluding carboxylic acids is 1. The lowest BCUT2D eigenvalue weighted by Gasteiger charge is -2.37. The normalized spacial score (nSPS) is 19.4. The summed E-state index contributed by atoms with van der Waals surface area (Å²) in [6.07, 6.45) is 3.36. The Hall–Kier alpha value is -3.11. The van der Waals surface area contributed by atoms with Crippen LogP contribution in [0.4, 0.5) is 0 Å². The number of hydrogen-bond acceptors (Lipinski definition) is 5. The molecule has 1 amide bonds. The summed E-state index contributed by atoms with van der Waals surface area (Å²) in [4.78, 5) is 22.3. The summed E-state index contributed by atoms with van der Waals surface area (Å²) in [5.74, 6) is 0.854. The number of amides is 1. The van der Waals surface area contributed by atoms with Crippen LogP contribution < -0.4 is 0 Å². The van der Waals surface area contributed by atoms with E-state index in [-0.39, 0.29) is 17.9 Å². The van der Waals surface area contributed by atoms with Gasteiger partial charge in [-0.3, -0.25) is 4.79 Å². The number of aromatic nitrogens is 3. The molecule has 142 valence electrons. The maximum absolute atomic E-state index is 13.0. The molecule has 1 aromatic carbocycles. The van der Waals surface area contributed by atoms with E-state index >= 15 is 0 Å². The lowest BCUT2D eigenvalue weighted by Crippen LogP contribution is -2.45. The van der Waals surface area contributed by atoms with Crippen LogP contribution in [0.2, 0.25) is 5.02 Å². The number of rotatable bonds is 3. The van der Waals surface area contributed by atoms with Gasteiger partial charge in [-0.05, 0) is 44.0 Å². The number of nitriles is 1. The number of nitrogens with zero attached hydrogens (tertiary/aromatic N) is 4. The van der Waals surface area contributed by atoms with Gasteiger partial charge in [-0.1, -0.05) is 22.8 Å². The van der Waals surface area contributed by atoms with Crippen LogP contribution in [0, 0.1) is 11.3 Å². The molecular formula is C20H18ClN5O2. The fraction of sp³-hybridized carbons (Fsp3) is 0.300. The Labute approximate surface area is 166 Å². The highest BCUT2D eigenvalue weighted by atomic mass is 35.5. The van der Waals surface area contributed by atoms with E-state index in [1.54, 1.807) is 36.5 Å². The van der Waals surface area contributed by atoms with Crippen LogP contribution in [0.25, 0.3) is 11.6 Å². The van der Waals surface area contributed by atoms with Crippen LogP contribution in [0.5, 0.6) is 0 Å². The van der Waals surface area contributed by atoms with Crippen LogP contribution in [-0.2, 0) is 0 Å². The summed E-state index contributed by atoms with van der Waals surface area (Å²) >= 11 is 5.93. The lowest BCUT2D eigenvalue weighted by atomic mass is 9.92. The van der Waals surface area contributed by atoms with Crippen LogP contribution in [0.3, 0.4) is 0 Å². The second-order valence-corrected chi connectivity index (χ2v) is 7.40. The molecule has 0 bridgehead atoms. The molecule has 1 fully saturated rings. The summed E-state index contributed by atoms with van der Waals surface area (Å²) in [7, 11) is 0. The minimum atomic E-state index is -0.0887. The summed E-state index contributed by atoms with van der Waals surface area (Å²) in [5, 5.41) is 13.8. The van der Waals surface area contributed by atoms with E-state index in [4.69, 9.17) is 21.4 Å². The highest BCUT2D eigenvalue weighted by Crippen LogP contribution is 2.31. The fourth-order valence-corrected chi connectivity index (χ4v) is 3.65. The van der Waals surface area contributed by atoms with E-state index in [9.17, 15) is 4.79 Å². The molecule has 0 radical (unpaired) electrons. The number of nitrogens with one attached hydrogen (secondary N) is 1. The molecule has 1 saturated heterocycles. The Morgan fingerprint density at radius 1 is 1.39 bits per heavy atom. The number of likely N-dealkylation sites (tertiary alicyclic amines) is 1. The summed E-state index contributed by atoms with van der Waals surface area (Å²) in [5.41, 5.74) is 1.65. The Bertz CT molecular complexity index is 1050. The van der Waals surface area contributed by atoms with Gasteiger partial charge in [-0.15, -0.1) is 0 Å². The van der Waals surface area contributed by atoms with E-state index in [0.717, 1.165) is 12.8 Å². The van der Waals surface area contributed by atoms with Crippen molar-refractivity contribution < 1.29 is 9.32 Å². The van der Waals surface area contributed by atoms with E-state index in [1.807, 2.05) is 11.8 Å². The third-order valence-corrected chi connectivity index (χ3v) is 5.28. The maximum Gasteiger partial charge on any atom is 0.274 e. The zero-order valence-corrected chi connectivity index (χ0v) is 16.0. The molecule has 3 aromatic rings. The molecule has 1 aliphatic rings. The molecule has 0 spiro atoms. The van der Waals surface area contributed by atoms with E-state index in [0.29, 0.717) is 40.1 Å².